The van der Waals surface area contributed by atoms with Gasteiger partial charge in [-0.15, -0.1) is 0 Å². The molecular formula is C18H15ClF3N5O3. The Morgan fingerprint density at radius 3 is 2.40 bits per heavy atom. The van der Waals surface area contributed by atoms with Gasteiger partial charge in [-0.3, -0.25) is 9.78 Å². The molecule has 5 N–H and O–H groups in total. The molecule has 0 saturated carbocycles. The molecule has 12 heteroatoms. The van der Waals surface area contributed by atoms with Crippen LogP contribution >= 0.6 is 11.6 Å². The maximum absolute atomic E-state index is 12.0. The fraction of sp³-hybridized carbons (Fsp3) is 0.111. The molecule has 0 fully saturated rings. The number of aliphatic imine (C=N–C) groups is 1. The van der Waals surface area contributed by atoms with Crippen LogP contribution in [-0.2, 0) is 4.79 Å². The number of guanidine groups is 1. The van der Waals surface area contributed by atoms with Gasteiger partial charge in [-0.25, -0.2) is 4.79 Å². The third-order valence-corrected chi connectivity index (χ3v) is 3.92. The number of carboxylic acids is 1. The Hall–Kier alpha value is -3.60. The number of benzene rings is 1. The highest BCUT2D eigenvalue weighted by atomic mass is 35.5. The Morgan fingerprint density at radius 1 is 1.20 bits per heavy atom. The summed E-state index contributed by atoms with van der Waals surface area (Å²) in [4.78, 5) is 28.8. The number of aliphatic carboxylic acids is 1. The number of fused-ring (bicyclic) bond motifs is 1. The normalized spacial score (nSPS) is 10.8. The smallest absolute Gasteiger partial charge is 0.475 e. The Morgan fingerprint density at radius 2 is 1.83 bits per heavy atom. The molecule has 158 valence electrons. The van der Waals surface area contributed by atoms with Crippen LogP contribution in [0.1, 0.15) is 15.9 Å². The zero-order valence-corrected chi connectivity index (χ0v) is 16.1. The van der Waals surface area contributed by atoms with E-state index in [1.54, 1.807) is 24.5 Å². The summed E-state index contributed by atoms with van der Waals surface area (Å²) in [6.07, 6.45) is 0.160. The van der Waals surface area contributed by atoms with Crippen molar-refractivity contribution in [2.45, 2.75) is 13.1 Å². The van der Waals surface area contributed by atoms with E-state index in [0.717, 1.165) is 22.2 Å². The molecule has 0 bridgehead atoms. The quantitative estimate of drug-likeness (QED) is 0.413. The highest BCUT2D eigenvalue weighted by Crippen LogP contribution is 2.25. The molecule has 8 nitrogen and oxygen atoms in total. The number of alkyl halides is 3. The molecule has 0 radical (unpaired) electrons. The molecule has 0 saturated heterocycles. The van der Waals surface area contributed by atoms with Gasteiger partial charge in [-0.1, -0.05) is 11.6 Å². The van der Waals surface area contributed by atoms with Crippen molar-refractivity contribution >= 4 is 40.3 Å². The highest BCUT2D eigenvalue weighted by Gasteiger charge is 2.38. The lowest BCUT2D eigenvalue weighted by molar-refractivity contribution is -0.192. The van der Waals surface area contributed by atoms with Crippen molar-refractivity contribution in [2.24, 2.45) is 16.5 Å². The van der Waals surface area contributed by atoms with E-state index in [0.29, 0.717) is 10.6 Å². The molecule has 3 rings (SSSR count). The van der Waals surface area contributed by atoms with E-state index in [4.69, 9.17) is 33.0 Å². The minimum absolute atomic E-state index is 0.258. The minimum atomic E-state index is -5.08. The number of aryl methyl sites for hydroxylation is 1. The maximum atomic E-state index is 12.0. The van der Waals surface area contributed by atoms with Crippen LogP contribution in [0.4, 0.5) is 13.2 Å². The van der Waals surface area contributed by atoms with E-state index >= 15 is 0 Å². The van der Waals surface area contributed by atoms with E-state index in [1.807, 2.05) is 29.8 Å². The summed E-state index contributed by atoms with van der Waals surface area (Å²) in [6, 6.07) is 7.36. The molecule has 0 unspecified atom stereocenters. The molecule has 1 aromatic carbocycles. The number of halogens is 4. The first-order valence-electron chi connectivity index (χ1n) is 8.07. The average Bonchev–Trinajstić information content (AvgIpc) is 3.01. The Bertz CT molecular complexity index is 1140. The number of nitrogens with zero attached hydrogens (tertiary/aromatic N) is 3. The van der Waals surface area contributed by atoms with E-state index in [1.165, 1.54) is 0 Å². The second-order valence-corrected chi connectivity index (χ2v) is 6.33. The molecule has 0 spiro atoms. The summed E-state index contributed by atoms with van der Waals surface area (Å²) < 4.78 is 33.6. The van der Waals surface area contributed by atoms with Crippen molar-refractivity contribution in [3.8, 4) is 5.69 Å². The van der Waals surface area contributed by atoms with Gasteiger partial charge in [0, 0.05) is 29.0 Å². The summed E-state index contributed by atoms with van der Waals surface area (Å²) in [5, 5.41) is 8.67. The second kappa shape index (κ2) is 8.82. The SMILES string of the molecule is Cc1cn(-c2ccnc3cc(Cl)ccc23)cc1C(=O)N=C(N)N.O=C(O)C(F)(F)F. The van der Waals surface area contributed by atoms with Crippen molar-refractivity contribution in [1.82, 2.24) is 9.55 Å². The van der Waals surface area contributed by atoms with Gasteiger partial charge in [0.15, 0.2) is 5.96 Å². The number of aromatic nitrogens is 2. The Kier molecular flexibility index (Phi) is 6.67. The van der Waals surface area contributed by atoms with Crippen molar-refractivity contribution in [3.63, 3.8) is 0 Å². The fourth-order valence-electron chi connectivity index (χ4n) is 2.43. The van der Waals surface area contributed by atoms with Crippen LogP contribution in [0.5, 0.6) is 0 Å². The van der Waals surface area contributed by atoms with Crippen molar-refractivity contribution in [3.05, 3.63) is 59.0 Å². The van der Waals surface area contributed by atoms with Crippen LogP contribution in [0.25, 0.3) is 16.6 Å². The number of carboxylic acid groups (broad SMARTS) is 1. The standard InChI is InChI=1S/C16H14ClN5O.C2HF3O2/c1-9-7-22(8-12(9)15(23)21-16(18)19)14-4-5-20-13-6-10(17)2-3-11(13)14;3-2(4,5)1(6)7/h2-8H,1H3,(H4,18,19,21,23);(H,6,7). The zero-order chi connectivity index (χ0) is 22.6. The van der Waals surface area contributed by atoms with Crippen molar-refractivity contribution in [1.29, 1.82) is 0 Å². The molecule has 1 amide bonds. The molecule has 3 aromatic rings. The van der Waals surface area contributed by atoms with Crippen molar-refractivity contribution < 1.29 is 27.9 Å². The summed E-state index contributed by atoms with van der Waals surface area (Å²) in [5.41, 5.74) is 13.4. The molecule has 30 heavy (non-hydrogen) atoms. The van der Waals surface area contributed by atoms with Gasteiger partial charge in [-0.2, -0.15) is 18.2 Å². The summed E-state index contributed by atoms with van der Waals surface area (Å²) >= 11 is 6.01. The lowest BCUT2D eigenvalue weighted by atomic mass is 10.2. The predicted molar refractivity (Wildman–Crippen MR) is 105 cm³/mol. The predicted octanol–water partition coefficient (Wildman–Crippen LogP) is 3.03. The van der Waals surface area contributed by atoms with Crippen LogP contribution in [0, 0.1) is 6.92 Å². The van der Waals surface area contributed by atoms with Gasteiger partial charge in [0.05, 0.1) is 16.8 Å². The lowest BCUT2D eigenvalue weighted by Gasteiger charge is -2.07. The molecule has 2 heterocycles. The molecule has 0 atom stereocenters. The highest BCUT2D eigenvalue weighted by molar-refractivity contribution is 6.31. The largest absolute Gasteiger partial charge is 0.490 e. The first kappa shape index (κ1) is 22.7. The lowest BCUT2D eigenvalue weighted by Crippen LogP contribution is -2.24. The van der Waals surface area contributed by atoms with Gasteiger partial charge < -0.3 is 21.1 Å². The number of hydrogen-bond donors (Lipinski definition) is 3. The van der Waals surface area contributed by atoms with Crippen LogP contribution in [0.2, 0.25) is 5.02 Å². The Balaban J connectivity index is 0.000000396. The Labute approximate surface area is 172 Å². The van der Waals surface area contributed by atoms with Crippen LogP contribution < -0.4 is 11.5 Å². The third kappa shape index (κ3) is 5.47. The van der Waals surface area contributed by atoms with Crippen molar-refractivity contribution in [2.75, 3.05) is 0 Å². The minimum Gasteiger partial charge on any atom is -0.475 e. The number of rotatable bonds is 2. The van der Waals surface area contributed by atoms with E-state index in [-0.39, 0.29) is 5.96 Å². The number of pyridine rings is 1. The summed E-state index contributed by atoms with van der Waals surface area (Å²) in [7, 11) is 0. The number of carbonyl (C=O) groups excluding carboxylic acids is 1. The zero-order valence-electron chi connectivity index (χ0n) is 15.3. The van der Waals surface area contributed by atoms with Gasteiger partial charge in [-0.05, 0) is 36.8 Å². The van der Waals surface area contributed by atoms with E-state index < -0.39 is 18.1 Å². The summed E-state index contributed by atoms with van der Waals surface area (Å²) in [5.74, 6) is -3.48. The van der Waals surface area contributed by atoms with E-state index in [2.05, 4.69) is 9.98 Å². The number of amides is 1. The third-order valence-electron chi connectivity index (χ3n) is 3.69. The van der Waals surface area contributed by atoms with Gasteiger partial charge in [0.25, 0.3) is 5.91 Å². The average molecular weight is 442 g/mol. The van der Waals surface area contributed by atoms with Crippen LogP contribution in [0.3, 0.4) is 0 Å². The molecule has 0 aliphatic rings. The summed E-state index contributed by atoms with van der Waals surface area (Å²) in [6.45, 7) is 1.83. The number of carbonyl (C=O) groups is 2. The first-order valence-corrected chi connectivity index (χ1v) is 8.45. The fourth-order valence-corrected chi connectivity index (χ4v) is 2.59. The van der Waals surface area contributed by atoms with Gasteiger partial charge >= 0.3 is 12.1 Å². The molecule has 0 aliphatic carbocycles. The number of hydrogen-bond acceptors (Lipinski definition) is 3. The van der Waals surface area contributed by atoms with Crippen LogP contribution in [0.15, 0.2) is 47.8 Å². The van der Waals surface area contributed by atoms with E-state index in [9.17, 15) is 18.0 Å². The second-order valence-electron chi connectivity index (χ2n) is 5.90. The topological polar surface area (TPSA) is 137 Å². The number of nitrogens with two attached hydrogens (primary N) is 2. The van der Waals surface area contributed by atoms with Crippen LogP contribution in [-0.4, -0.2) is 38.7 Å². The molecule has 0 aliphatic heterocycles. The first-order chi connectivity index (χ1) is 13.9. The molecule has 2 aromatic heterocycles. The van der Waals surface area contributed by atoms with Gasteiger partial charge in [0.2, 0.25) is 0 Å². The van der Waals surface area contributed by atoms with Gasteiger partial charge in [0.1, 0.15) is 0 Å². The maximum Gasteiger partial charge on any atom is 0.490 e. The molecular weight excluding hydrogens is 427 g/mol. The monoisotopic (exact) mass is 441 g/mol.